The fourth-order valence-corrected chi connectivity index (χ4v) is 3.23. The van der Waals surface area contributed by atoms with Gasteiger partial charge in [0.2, 0.25) is 0 Å². The predicted molar refractivity (Wildman–Crippen MR) is 89.4 cm³/mol. The summed E-state index contributed by atoms with van der Waals surface area (Å²) in [4.78, 5) is 7.82. The van der Waals surface area contributed by atoms with Crippen molar-refractivity contribution in [1.29, 1.82) is 0 Å². The van der Waals surface area contributed by atoms with E-state index in [1.165, 1.54) is 19.1 Å². The van der Waals surface area contributed by atoms with Crippen molar-refractivity contribution in [1.82, 2.24) is 4.98 Å². The van der Waals surface area contributed by atoms with Crippen LogP contribution in [0.2, 0.25) is 0 Å². The van der Waals surface area contributed by atoms with E-state index in [9.17, 15) is 22.0 Å². The summed E-state index contributed by atoms with van der Waals surface area (Å²) in [6.45, 7) is 4.59. The summed E-state index contributed by atoms with van der Waals surface area (Å²) >= 11 is 0. The van der Waals surface area contributed by atoms with E-state index in [0.29, 0.717) is 25.3 Å². The average Bonchev–Trinajstić information content (AvgIpc) is 2.52. The molecule has 2 heterocycles. The van der Waals surface area contributed by atoms with E-state index >= 15 is 0 Å². The second-order valence-corrected chi connectivity index (χ2v) is 6.47. The molecule has 0 saturated carbocycles. The summed E-state index contributed by atoms with van der Waals surface area (Å²) < 4.78 is 66.0. The molecule has 8 heteroatoms. The Bertz CT molecular complexity index is 786. The maximum Gasteiger partial charge on any atom is 0.416 e. The summed E-state index contributed by atoms with van der Waals surface area (Å²) in [5.74, 6) is -1.07. The van der Waals surface area contributed by atoms with Crippen LogP contribution in [0.4, 0.5) is 33.5 Å². The lowest BCUT2D eigenvalue weighted by Gasteiger charge is -2.42. The van der Waals surface area contributed by atoms with Crippen LogP contribution >= 0.6 is 0 Å². The Morgan fingerprint density at radius 2 is 1.65 bits per heavy atom. The van der Waals surface area contributed by atoms with E-state index in [-0.39, 0.29) is 17.6 Å². The molecule has 0 unspecified atom stereocenters. The number of hydrogen-bond donors (Lipinski definition) is 0. The Morgan fingerprint density at radius 3 is 2.23 bits per heavy atom. The molecule has 0 amide bonds. The molecule has 1 atom stereocenters. The first kappa shape index (κ1) is 18.4. The minimum Gasteiger partial charge on any atom is -0.365 e. The van der Waals surface area contributed by atoms with Crippen LogP contribution in [0.1, 0.15) is 18.2 Å². The zero-order valence-electron chi connectivity index (χ0n) is 14.3. The fraction of sp³-hybridized carbons (Fsp3) is 0.389. The van der Waals surface area contributed by atoms with Crippen molar-refractivity contribution in [3.63, 3.8) is 0 Å². The fourth-order valence-electron chi connectivity index (χ4n) is 3.23. The van der Waals surface area contributed by atoms with E-state index in [1.807, 2.05) is 11.8 Å². The van der Waals surface area contributed by atoms with E-state index in [2.05, 4.69) is 4.98 Å². The average molecular weight is 371 g/mol. The van der Waals surface area contributed by atoms with Gasteiger partial charge in [0.05, 0.1) is 5.56 Å². The summed E-state index contributed by atoms with van der Waals surface area (Å²) in [5.41, 5.74) is -0.0257. The monoisotopic (exact) mass is 371 g/mol. The third kappa shape index (κ3) is 3.89. The Hall–Kier alpha value is -2.38. The van der Waals surface area contributed by atoms with Gasteiger partial charge in [-0.2, -0.15) is 13.2 Å². The van der Waals surface area contributed by atoms with E-state index in [4.69, 9.17) is 0 Å². The summed E-state index contributed by atoms with van der Waals surface area (Å²) in [5, 5.41) is 0. The molecule has 0 radical (unpaired) electrons. The van der Waals surface area contributed by atoms with Gasteiger partial charge >= 0.3 is 6.18 Å². The van der Waals surface area contributed by atoms with Crippen molar-refractivity contribution >= 4 is 11.5 Å². The quantitative estimate of drug-likeness (QED) is 0.730. The van der Waals surface area contributed by atoms with Crippen LogP contribution in [0.3, 0.4) is 0 Å². The third-order valence-electron chi connectivity index (χ3n) is 4.40. The molecule has 1 saturated heterocycles. The smallest absolute Gasteiger partial charge is 0.365 e. The molecule has 1 aliphatic heterocycles. The van der Waals surface area contributed by atoms with Gasteiger partial charge in [0, 0.05) is 43.1 Å². The van der Waals surface area contributed by atoms with Crippen LogP contribution in [-0.2, 0) is 6.18 Å². The lowest BCUT2D eigenvalue weighted by molar-refractivity contribution is -0.137. The molecule has 1 fully saturated rings. The summed E-state index contributed by atoms with van der Waals surface area (Å²) in [6, 6.07) is 5.21. The number of anilines is 2. The van der Waals surface area contributed by atoms with Gasteiger partial charge < -0.3 is 9.80 Å². The molecule has 1 aromatic heterocycles. The molecule has 140 valence electrons. The highest BCUT2D eigenvalue weighted by Gasteiger charge is 2.33. The number of aryl methyl sites for hydroxylation is 1. The normalized spacial score (nSPS) is 18.3. The van der Waals surface area contributed by atoms with Crippen molar-refractivity contribution in [2.45, 2.75) is 26.1 Å². The molecule has 0 N–H and O–H groups in total. The number of aromatic nitrogens is 1. The topological polar surface area (TPSA) is 19.4 Å². The predicted octanol–water partition coefficient (Wildman–Crippen LogP) is 4.40. The molecule has 3 rings (SSSR count). The number of nitrogens with zero attached hydrogens (tertiary/aromatic N) is 3. The molecule has 0 aliphatic carbocycles. The molecular formula is C18H18F5N3. The van der Waals surface area contributed by atoms with E-state index in [0.717, 1.165) is 18.2 Å². The number of pyridine rings is 1. The van der Waals surface area contributed by atoms with Gasteiger partial charge in [0.1, 0.15) is 17.5 Å². The Kier molecular flexibility index (Phi) is 4.77. The summed E-state index contributed by atoms with van der Waals surface area (Å²) in [7, 11) is 0. The lowest BCUT2D eigenvalue weighted by Crippen LogP contribution is -2.52. The van der Waals surface area contributed by atoms with Crippen molar-refractivity contribution in [3.8, 4) is 0 Å². The first-order valence-electron chi connectivity index (χ1n) is 8.17. The number of halogens is 5. The maximum absolute atomic E-state index is 13.5. The van der Waals surface area contributed by atoms with Crippen molar-refractivity contribution in [2.24, 2.45) is 0 Å². The minimum atomic E-state index is -4.44. The molecule has 26 heavy (non-hydrogen) atoms. The van der Waals surface area contributed by atoms with E-state index < -0.39 is 23.4 Å². The Morgan fingerprint density at radius 1 is 1.00 bits per heavy atom. The second kappa shape index (κ2) is 6.74. The first-order chi connectivity index (χ1) is 12.1. The molecule has 3 nitrogen and oxygen atoms in total. The zero-order chi connectivity index (χ0) is 19.1. The standard InChI is InChI=1S/C18H18F5N3/c1-11-5-13(18(21,22)23)6-17(24-11)25-3-4-26(12(2)10-25)16-8-14(19)7-15(20)9-16/h5-9,12H,3-4,10H2,1-2H3/t12-/m1/s1. The highest BCUT2D eigenvalue weighted by molar-refractivity contribution is 5.52. The minimum absolute atomic E-state index is 0.151. The highest BCUT2D eigenvalue weighted by Crippen LogP contribution is 2.32. The van der Waals surface area contributed by atoms with Gasteiger partial charge in [0.25, 0.3) is 0 Å². The third-order valence-corrected chi connectivity index (χ3v) is 4.40. The van der Waals surface area contributed by atoms with Crippen LogP contribution < -0.4 is 9.80 Å². The highest BCUT2D eigenvalue weighted by atomic mass is 19.4. The largest absolute Gasteiger partial charge is 0.416 e. The molecule has 1 aromatic carbocycles. The number of benzene rings is 1. The Labute approximate surface area is 148 Å². The van der Waals surface area contributed by atoms with Gasteiger partial charge in [-0.15, -0.1) is 0 Å². The van der Waals surface area contributed by atoms with Crippen LogP contribution in [0.25, 0.3) is 0 Å². The molecule has 2 aromatic rings. The molecular weight excluding hydrogens is 353 g/mol. The Balaban J connectivity index is 1.82. The van der Waals surface area contributed by atoms with Crippen molar-refractivity contribution in [2.75, 3.05) is 29.4 Å². The molecule has 0 spiro atoms. The van der Waals surface area contributed by atoms with E-state index in [1.54, 1.807) is 4.90 Å². The van der Waals surface area contributed by atoms with Gasteiger partial charge in [-0.25, -0.2) is 13.8 Å². The zero-order valence-corrected chi connectivity index (χ0v) is 14.3. The van der Waals surface area contributed by atoms with Crippen LogP contribution in [0.15, 0.2) is 30.3 Å². The summed E-state index contributed by atoms with van der Waals surface area (Å²) in [6.07, 6.45) is -4.44. The molecule has 0 bridgehead atoms. The van der Waals surface area contributed by atoms with Crippen LogP contribution in [0.5, 0.6) is 0 Å². The van der Waals surface area contributed by atoms with Crippen LogP contribution in [0, 0.1) is 18.6 Å². The number of hydrogen-bond acceptors (Lipinski definition) is 3. The SMILES string of the molecule is Cc1cc(C(F)(F)F)cc(N2CCN(c3cc(F)cc(F)c3)[C@H](C)C2)n1. The maximum atomic E-state index is 13.5. The molecule has 1 aliphatic rings. The van der Waals surface area contributed by atoms with Gasteiger partial charge in [-0.3, -0.25) is 0 Å². The van der Waals surface area contributed by atoms with Gasteiger partial charge in [-0.05, 0) is 38.1 Å². The number of piperazine rings is 1. The van der Waals surface area contributed by atoms with Crippen molar-refractivity contribution in [3.05, 3.63) is 53.2 Å². The number of alkyl halides is 3. The van der Waals surface area contributed by atoms with Crippen molar-refractivity contribution < 1.29 is 22.0 Å². The lowest BCUT2D eigenvalue weighted by atomic mass is 10.1. The first-order valence-corrected chi connectivity index (χ1v) is 8.17. The van der Waals surface area contributed by atoms with Crippen LogP contribution in [-0.4, -0.2) is 30.7 Å². The number of rotatable bonds is 2. The van der Waals surface area contributed by atoms with Gasteiger partial charge in [-0.1, -0.05) is 0 Å². The van der Waals surface area contributed by atoms with Gasteiger partial charge in [0.15, 0.2) is 0 Å². The second-order valence-electron chi connectivity index (χ2n) is 6.47.